The van der Waals surface area contributed by atoms with E-state index >= 15 is 0 Å². The summed E-state index contributed by atoms with van der Waals surface area (Å²) in [5.74, 6) is 1.02. The highest BCUT2D eigenvalue weighted by Crippen LogP contribution is 2.42. The standard InChI is InChI=1S/C30H32N2O4/c1-3-5-15-35-21-11-7-19(8-12-21)23-17-25(31)28-27(29(23)33)26(32)18-24(30(28)34)20-9-13-22(14-10-20)36-16-6-4-2/h7-14,17-18,31,34H,3-6,15-16,32H2,1-2H3. The predicted octanol–water partition coefficient (Wildman–Crippen LogP) is 6.65. The molecule has 6 heteroatoms. The van der Waals surface area contributed by atoms with Gasteiger partial charge in [0.2, 0.25) is 0 Å². The summed E-state index contributed by atoms with van der Waals surface area (Å²) in [5, 5.41) is 19.7. The first-order chi connectivity index (χ1) is 17.4. The van der Waals surface area contributed by atoms with Crippen LogP contribution >= 0.6 is 0 Å². The molecule has 0 amide bonds. The molecule has 0 spiro atoms. The zero-order valence-electron chi connectivity index (χ0n) is 20.8. The maximum atomic E-state index is 13.4. The van der Waals surface area contributed by atoms with Crippen molar-refractivity contribution >= 4 is 22.8 Å². The number of nitrogens with two attached hydrogens (primary N) is 1. The first kappa shape index (κ1) is 25.0. The van der Waals surface area contributed by atoms with E-state index in [1.54, 1.807) is 18.2 Å². The third kappa shape index (κ3) is 5.13. The number of anilines is 1. The van der Waals surface area contributed by atoms with Crippen LogP contribution in [0.5, 0.6) is 17.2 Å². The number of hydrogen-bond acceptors (Lipinski definition) is 6. The lowest BCUT2D eigenvalue weighted by atomic mass is 9.82. The van der Waals surface area contributed by atoms with Crippen LogP contribution in [0.4, 0.5) is 5.69 Å². The van der Waals surface area contributed by atoms with Gasteiger partial charge < -0.3 is 25.7 Å². The maximum Gasteiger partial charge on any atom is 0.196 e. The first-order valence-corrected chi connectivity index (χ1v) is 12.4. The number of hydrogen-bond donors (Lipinski definition) is 3. The average Bonchev–Trinajstić information content (AvgIpc) is 2.88. The molecule has 3 aromatic rings. The van der Waals surface area contributed by atoms with Gasteiger partial charge in [-0.3, -0.25) is 4.79 Å². The second-order valence-corrected chi connectivity index (χ2v) is 8.87. The van der Waals surface area contributed by atoms with Crippen molar-refractivity contribution in [3.05, 3.63) is 77.4 Å². The van der Waals surface area contributed by atoms with Crippen LogP contribution in [0.15, 0.2) is 60.7 Å². The van der Waals surface area contributed by atoms with Gasteiger partial charge >= 0.3 is 0 Å². The Morgan fingerprint density at radius 1 is 0.833 bits per heavy atom. The lowest BCUT2D eigenvalue weighted by molar-refractivity contribution is 0.105. The molecule has 0 saturated carbocycles. The van der Waals surface area contributed by atoms with E-state index in [0.717, 1.165) is 42.7 Å². The number of carbonyl (C=O) groups excluding carboxylic acids is 1. The lowest BCUT2D eigenvalue weighted by Gasteiger charge is -2.22. The van der Waals surface area contributed by atoms with Crippen molar-refractivity contribution in [1.29, 1.82) is 5.41 Å². The Morgan fingerprint density at radius 2 is 1.36 bits per heavy atom. The van der Waals surface area contributed by atoms with Gasteiger partial charge in [-0.05, 0) is 60.4 Å². The minimum Gasteiger partial charge on any atom is -0.507 e. The number of phenols is 1. The molecule has 1 aliphatic carbocycles. The Bertz CT molecular complexity index is 1290. The van der Waals surface area contributed by atoms with Gasteiger partial charge in [-0.1, -0.05) is 51.0 Å². The topological polar surface area (TPSA) is 106 Å². The van der Waals surface area contributed by atoms with Crippen molar-refractivity contribution in [3.8, 4) is 28.4 Å². The molecule has 186 valence electrons. The molecule has 0 aromatic heterocycles. The number of Topliss-reactive ketones (excluding diaryl/α,β-unsaturated/α-hetero) is 1. The summed E-state index contributed by atoms with van der Waals surface area (Å²) in [4.78, 5) is 13.4. The van der Waals surface area contributed by atoms with Gasteiger partial charge in [0.05, 0.1) is 30.1 Å². The summed E-state index contributed by atoms with van der Waals surface area (Å²) in [6, 6.07) is 16.2. The number of aromatic hydroxyl groups is 1. The van der Waals surface area contributed by atoms with Crippen molar-refractivity contribution < 1.29 is 19.4 Å². The van der Waals surface area contributed by atoms with Gasteiger partial charge in [-0.2, -0.15) is 0 Å². The number of allylic oxidation sites excluding steroid dienone is 2. The second-order valence-electron chi connectivity index (χ2n) is 8.87. The average molecular weight is 485 g/mol. The van der Waals surface area contributed by atoms with Crippen LogP contribution in [0.3, 0.4) is 0 Å². The smallest absolute Gasteiger partial charge is 0.196 e. The largest absolute Gasteiger partial charge is 0.507 e. The molecule has 1 aliphatic rings. The number of unbranched alkanes of at least 4 members (excludes halogenated alkanes) is 2. The van der Waals surface area contributed by atoms with Crippen LogP contribution in [-0.2, 0) is 0 Å². The molecule has 0 atom stereocenters. The van der Waals surface area contributed by atoms with Gasteiger partial charge in [-0.25, -0.2) is 0 Å². The van der Waals surface area contributed by atoms with Gasteiger partial charge in [0.25, 0.3) is 0 Å². The Balaban J connectivity index is 1.62. The van der Waals surface area contributed by atoms with Crippen molar-refractivity contribution in [1.82, 2.24) is 0 Å². The summed E-state index contributed by atoms with van der Waals surface area (Å²) in [6.45, 7) is 5.50. The fraction of sp³-hybridized carbons (Fsp3) is 0.267. The maximum absolute atomic E-state index is 13.4. The van der Waals surface area contributed by atoms with E-state index in [4.69, 9.17) is 20.6 Å². The molecule has 0 aliphatic heterocycles. The van der Waals surface area contributed by atoms with Gasteiger partial charge in [0, 0.05) is 16.8 Å². The van der Waals surface area contributed by atoms with E-state index < -0.39 is 0 Å². The molecular formula is C30H32N2O4. The van der Waals surface area contributed by atoms with Gasteiger partial charge in [0.15, 0.2) is 5.78 Å². The van der Waals surface area contributed by atoms with E-state index in [9.17, 15) is 9.90 Å². The van der Waals surface area contributed by atoms with Crippen molar-refractivity contribution in [3.63, 3.8) is 0 Å². The molecule has 0 bridgehead atoms. The fourth-order valence-corrected chi connectivity index (χ4v) is 4.18. The molecule has 4 rings (SSSR count). The van der Waals surface area contributed by atoms with E-state index in [-0.39, 0.29) is 34.1 Å². The quantitative estimate of drug-likeness (QED) is 0.170. The summed E-state index contributed by atoms with van der Waals surface area (Å²) < 4.78 is 11.4. The van der Waals surface area contributed by atoms with E-state index in [1.165, 1.54) is 6.08 Å². The van der Waals surface area contributed by atoms with E-state index in [2.05, 4.69) is 13.8 Å². The Hall–Kier alpha value is -4.06. The Morgan fingerprint density at radius 3 is 1.89 bits per heavy atom. The zero-order valence-corrected chi connectivity index (χ0v) is 20.8. The minimum atomic E-state index is -0.320. The lowest BCUT2D eigenvalue weighted by Crippen LogP contribution is -2.19. The minimum absolute atomic E-state index is 0.0356. The molecule has 0 saturated heterocycles. The highest BCUT2D eigenvalue weighted by atomic mass is 16.5. The summed E-state index contributed by atoms with van der Waals surface area (Å²) in [5.41, 5.74) is 9.13. The van der Waals surface area contributed by atoms with Crippen molar-refractivity contribution in [2.45, 2.75) is 39.5 Å². The fourth-order valence-electron chi connectivity index (χ4n) is 4.18. The number of ether oxygens (including phenoxy) is 2. The van der Waals surface area contributed by atoms with Crippen LogP contribution in [0.1, 0.15) is 61.0 Å². The summed E-state index contributed by atoms with van der Waals surface area (Å²) >= 11 is 0. The monoisotopic (exact) mass is 484 g/mol. The molecule has 0 unspecified atom stereocenters. The number of benzene rings is 3. The SMILES string of the molecule is CCCCOc1ccc(C2=CC(=N)c3c(O)c(-c4ccc(OCCCC)cc4)cc(N)c3C2=O)cc1. The number of phenolic OH excluding ortho intramolecular Hbond substituents is 1. The zero-order chi connectivity index (χ0) is 25.7. The van der Waals surface area contributed by atoms with Crippen LogP contribution in [0.2, 0.25) is 0 Å². The number of nitrogen functional groups attached to an aromatic ring is 1. The molecule has 36 heavy (non-hydrogen) atoms. The molecule has 0 heterocycles. The highest BCUT2D eigenvalue weighted by molar-refractivity contribution is 6.41. The van der Waals surface area contributed by atoms with Crippen LogP contribution in [-0.4, -0.2) is 29.8 Å². The molecule has 4 N–H and O–H groups in total. The first-order valence-electron chi connectivity index (χ1n) is 12.4. The van der Waals surface area contributed by atoms with Crippen LogP contribution < -0.4 is 15.2 Å². The van der Waals surface area contributed by atoms with Crippen molar-refractivity contribution in [2.75, 3.05) is 18.9 Å². The third-order valence-electron chi connectivity index (χ3n) is 6.22. The number of ketones is 1. The number of nitrogens with one attached hydrogen (secondary N) is 1. The number of fused-ring (bicyclic) bond motifs is 1. The molecule has 6 nitrogen and oxygen atoms in total. The highest BCUT2D eigenvalue weighted by Gasteiger charge is 2.31. The summed E-state index contributed by atoms with van der Waals surface area (Å²) in [7, 11) is 0. The van der Waals surface area contributed by atoms with Gasteiger partial charge in [0.1, 0.15) is 17.2 Å². The predicted molar refractivity (Wildman–Crippen MR) is 144 cm³/mol. The van der Waals surface area contributed by atoms with Gasteiger partial charge in [-0.15, -0.1) is 0 Å². The van der Waals surface area contributed by atoms with Crippen LogP contribution in [0, 0.1) is 5.41 Å². The Labute approximate surface area is 211 Å². The molecule has 0 radical (unpaired) electrons. The van der Waals surface area contributed by atoms with E-state index in [1.807, 2.05) is 36.4 Å². The third-order valence-corrected chi connectivity index (χ3v) is 6.22. The van der Waals surface area contributed by atoms with Crippen molar-refractivity contribution in [2.24, 2.45) is 0 Å². The number of rotatable bonds is 10. The number of carbonyl (C=O) groups is 1. The Kier molecular flexibility index (Phi) is 7.74. The molecule has 0 fully saturated rings. The van der Waals surface area contributed by atoms with Crippen LogP contribution in [0.25, 0.3) is 16.7 Å². The van der Waals surface area contributed by atoms with E-state index in [0.29, 0.717) is 29.9 Å². The second kappa shape index (κ2) is 11.1. The normalized spacial score (nSPS) is 12.8. The summed E-state index contributed by atoms with van der Waals surface area (Å²) in [6.07, 6.45) is 5.55. The molecular weight excluding hydrogens is 452 g/mol. The molecule has 3 aromatic carbocycles.